The highest BCUT2D eigenvalue weighted by molar-refractivity contribution is 5.79. The Bertz CT molecular complexity index is 665. The van der Waals surface area contributed by atoms with Crippen LogP contribution in [0.4, 0.5) is 0 Å². The summed E-state index contributed by atoms with van der Waals surface area (Å²) in [5, 5.41) is 0. The third-order valence-electron chi connectivity index (χ3n) is 4.02. The summed E-state index contributed by atoms with van der Waals surface area (Å²) < 4.78 is 11.2. The third kappa shape index (κ3) is 3.04. The number of carbonyl (C=O) groups excluding carboxylic acids is 1. The number of carbonyl (C=O) groups is 1. The maximum Gasteiger partial charge on any atom is 0.227 e. The molecule has 1 atom stereocenters. The van der Waals surface area contributed by atoms with Crippen LogP contribution in [0.5, 0.6) is 0 Å². The van der Waals surface area contributed by atoms with E-state index in [1.807, 2.05) is 36.9 Å². The van der Waals surface area contributed by atoms with Gasteiger partial charge >= 0.3 is 0 Å². The fourth-order valence-corrected chi connectivity index (χ4v) is 2.74. The molecule has 1 aliphatic heterocycles. The summed E-state index contributed by atoms with van der Waals surface area (Å²) in [6.07, 6.45) is 3.89. The van der Waals surface area contributed by atoms with Gasteiger partial charge in [-0.3, -0.25) is 9.78 Å². The van der Waals surface area contributed by atoms with Crippen molar-refractivity contribution in [3.63, 3.8) is 0 Å². The lowest BCUT2D eigenvalue weighted by Crippen LogP contribution is -2.44. The fraction of sp³-hybridized carbons (Fsp3) is 0.412. The molecule has 1 aliphatic rings. The fourth-order valence-electron chi connectivity index (χ4n) is 2.74. The summed E-state index contributed by atoms with van der Waals surface area (Å²) in [5.74, 6) is 1.73. The number of hydrogen-bond acceptors (Lipinski definition) is 4. The molecule has 116 valence electrons. The molecule has 1 fully saturated rings. The van der Waals surface area contributed by atoms with Crippen LogP contribution in [0.25, 0.3) is 0 Å². The Balaban J connectivity index is 1.78. The van der Waals surface area contributed by atoms with E-state index in [0.29, 0.717) is 26.2 Å². The SMILES string of the molecule is Cc1ccc([C@@H]2COCCN2C(=O)Cc2ccncc2C)o1. The summed E-state index contributed by atoms with van der Waals surface area (Å²) in [6.45, 7) is 5.51. The Hall–Kier alpha value is -2.14. The smallest absolute Gasteiger partial charge is 0.227 e. The van der Waals surface area contributed by atoms with Crippen molar-refractivity contribution in [1.29, 1.82) is 0 Å². The van der Waals surface area contributed by atoms with Gasteiger partial charge < -0.3 is 14.1 Å². The van der Waals surface area contributed by atoms with Gasteiger partial charge in [-0.15, -0.1) is 0 Å². The molecule has 3 heterocycles. The number of ether oxygens (including phenoxy) is 1. The summed E-state index contributed by atoms with van der Waals surface area (Å²) in [5.41, 5.74) is 2.05. The quantitative estimate of drug-likeness (QED) is 0.873. The van der Waals surface area contributed by atoms with Crippen LogP contribution in [0, 0.1) is 13.8 Å². The molecular weight excluding hydrogens is 280 g/mol. The van der Waals surface area contributed by atoms with Gasteiger partial charge in [-0.25, -0.2) is 0 Å². The van der Waals surface area contributed by atoms with Crippen molar-refractivity contribution in [2.75, 3.05) is 19.8 Å². The van der Waals surface area contributed by atoms with Gasteiger partial charge in [0.2, 0.25) is 5.91 Å². The highest BCUT2D eigenvalue weighted by atomic mass is 16.5. The van der Waals surface area contributed by atoms with Gasteiger partial charge in [0.25, 0.3) is 0 Å². The van der Waals surface area contributed by atoms with Crippen LogP contribution in [0.3, 0.4) is 0 Å². The van der Waals surface area contributed by atoms with E-state index in [2.05, 4.69) is 4.98 Å². The molecule has 0 bridgehead atoms. The van der Waals surface area contributed by atoms with Crippen molar-refractivity contribution >= 4 is 5.91 Å². The molecule has 5 heteroatoms. The summed E-state index contributed by atoms with van der Waals surface area (Å²) in [6, 6.07) is 5.60. The Labute approximate surface area is 129 Å². The van der Waals surface area contributed by atoms with Crippen molar-refractivity contribution in [2.45, 2.75) is 26.3 Å². The lowest BCUT2D eigenvalue weighted by Gasteiger charge is -2.34. The Kier molecular flexibility index (Phi) is 4.24. The summed E-state index contributed by atoms with van der Waals surface area (Å²) in [4.78, 5) is 18.7. The van der Waals surface area contributed by atoms with Gasteiger partial charge in [0.1, 0.15) is 17.6 Å². The van der Waals surface area contributed by atoms with E-state index < -0.39 is 0 Å². The molecule has 2 aromatic heterocycles. The first kappa shape index (κ1) is 14.8. The third-order valence-corrected chi connectivity index (χ3v) is 4.02. The molecule has 1 amide bonds. The molecule has 0 saturated carbocycles. The number of amides is 1. The predicted molar refractivity (Wildman–Crippen MR) is 81.4 cm³/mol. The number of hydrogen-bond donors (Lipinski definition) is 0. The Morgan fingerprint density at radius 1 is 1.36 bits per heavy atom. The van der Waals surface area contributed by atoms with E-state index in [1.165, 1.54) is 0 Å². The number of rotatable bonds is 3. The Morgan fingerprint density at radius 3 is 2.95 bits per heavy atom. The maximum absolute atomic E-state index is 12.7. The average molecular weight is 300 g/mol. The van der Waals surface area contributed by atoms with Crippen molar-refractivity contribution in [3.8, 4) is 0 Å². The van der Waals surface area contributed by atoms with Crippen molar-refractivity contribution in [1.82, 2.24) is 9.88 Å². The van der Waals surface area contributed by atoms with Gasteiger partial charge in [-0.05, 0) is 43.2 Å². The molecule has 3 rings (SSSR count). The predicted octanol–water partition coefficient (Wildman–Crippen LogP) is 2.43. The van der Waals surface area contributed by atoms with E-state index >= 15 is 0 Å². The second kappa shape index (κ2) is 6.32. The van der Waals surface area contributed by atoms with E-state index in [0.717, 1.165) is 22.6 Å². The zero-order valence-corrected chi connectivity index (χ0v) is 12.9. The number of furan rings is 1. The lowest BCUT2D eigenvalue weighted by atomic mass is 10.1. The number of aryl methyl sites for hydroxylation is 2. The van der Waals surface area contributed by atoms with Crippen LogP contribution in [-0.2, 0) is 16.0 Å². The molecule has 2 aromatic rings. The molecule has 1 saturated heterocycles. The number of morpholine rings is 1. The van der Waals surface area contributed by atoms with Gasteiger partial charge in [0.15, 0.2) is 0 Å². The molecule has 0 spiro atoms. The van der Waals surface area contributed by atoms with Gasteiger partial charge in [-0.2, -0.15) is 0 Å². The zero-order chi connectivity index (χ0) is 15.5. The maximum atomic E-state index is 12.7. The van der Waals surface area contributed by atoms with Crippen LogP contribution < -0.4 is 0 Å². The number of pyridine rings is 1. The Morgan fingerprint density at radius 2 is 2.23 bits per heavy atom. The first-order chi connectivity index (χ1) is 10.6. The van der Waals surface area contributed by atoms with Crippen LogP contribution in [0.2, 0.25) is 0 Å². The van der Waals surface area contributed by atoms with Crippen LogP contribution in [0.1, 0.15) is 28.7 Å². The molecule has 0 radical (unpaired) electrons. The molecule has 22 heavy (non-hydrogen) atoms. The van der Waals surface area contributed by atoms with Crippen LogP contribution >= 0.6 is 0 Å². The first-order valence-corrected chi connectivity index (χ1v) is 7.48. The van der Waals surface area contributed by atoms with E-state index in [-0.39, 0.29) is 11.9 Å². The normalized spacial score (nSPS) is 18.5. The average Bonchev–Trinajstić information content (AvgIpc) is 2.96. The highest BCUT2D eigenvalue weighted by Crippen LogP contribution is 2.26. The van der Waals surface area contributed by atoms with Crippen LogP contribution in [-0.4, -0.2) is 35.5 Å². The van der Waals surface area contributed by atoms with E-state index in [1.54, 1.807) is 12.4 Å². The first-order valence-electron chi connectivity index (χ1n) is 7.48. The minimum absolute atomic E-state index is 0.0941. The van der Waals surface area contributed by atoms with Crippen molar-refractivity contribution in [3.05, 3.63) is 53.2 Å². The highest BCUT2D eigenvalue weighted by Gasteiger charge is 2.30. The monoisotopic (exact) mass is 300 g/mol. The molecule has 0 unspecified atom stereocenters. The van der Waals surface area contributed by atoms with Crippen LogP contribution in [0.15, 0.2) is 35.0 Å². The number of nitrogens with zero attached hydrogens (tertiary/aromatic N) is 2. The van der Waals surface area contributed by atoms with E-state index in [4.69, 9.17) is 9.15 Å². The molecule has 0 aromatic carbocycles. The van der Waals surface area contributed by atoms with Gasteiger partial charge in [0.05, 0.1) is 19.6 Å². The lowest BCUT2D eigenvalue weighted by molar-refractivity contribution is -0.140. The molecular formula is C17H20N2O3. The van der Waals surface area contributed by atoms with Gasteiger partial charge in [0, 0.05) is 18.9 Å². The minimum atomic E-state index is -0.142. The molecule has 5 nitrogen and oxygen atoms in total. The summed E-state index contributed by atoms with van der Waals surface area (Å²) >= 11 is 0. The van der Waals surface area contributed by atoms with E-state index in [9.17, 15) is 4.79 Å². The second-order valence-corrected chi connectivity index (χ2v) is 5.61. The zero-order valence-electron chi connectivity index (χ0n) is 12.9. The van der Waals surface area contributed by atoms with Crippen molar-refractivity contribution in [2.24, 2.45) is 0 Å². The second-order valence-electron chi connectivity index (χ2n) is 5.61. The molecule has 0 aliphatic carbocycles. The topological polar surface area (TPSA) is 55.6 Å². The minimum Gasteiger partial charge on any atom is -0.464 e. The van der Waals surface area contributed by atoms with Crippen molar-refractivity contribution < 1.29 is 13.9 Å². The summed E-state index contributed by atoms with van der Waals surface area (Å²) in [7, 11) is 0. The standard InChI is InChI=1S/C17H20N2O3/c1-12-10-18-6-5-14(12)9-17(20)19-7-8-21-11-15(19)16-4-3-13(2)22-16/h3-6,10,15H,7-9,11H2,1-2H3/t15-/m0/s1. The molecule has 0 N–H and O–H groups in total. The number of aromatic nitrogens is 1. The van der Waals surface area contributed by atoms with Gasteiger partial charge in [-0.1, -0.05) is 0 Å². The largest absolute Gasteiger partial charge is 0.464 e.